The van der Waals surface area contributed by atoms with E-state index < -0.39 is 0 Å². The van der Waals surface area contributed by atoms with Crippen LogP contribution in [0, 0.1) is 34.6 Å². The van der Waals surface area contributed by atoms with Gasteiger partial charge in [-0.1, -0.05) is 52.2 Å². The highest BCUT2D eigenvalue weighted by Gasteiger charge is 2.37. The summed E-state index contributed by atoms with van der Waals surface area (Å²) in [5, 5.41) is 20.9. The Hall–Kier alpha value is -10.7. The number of nitrogens with zero attached hydrogens (tertiary/aromatic N) is 16. The van der Waals surface area contributed by atoms with Crippen LogP contribution in [-0.4, -0.2) is 180 Å². The van der Waals surface area contributed by atoms with Crippen LogP contribution in [0.2, 0.25) is 0 Å². The molecule has 550 valence electrons. The largest absolute Gasteiger partial charge is 0.481 e. The number of pyridine rings is 4. The van der Waals surface area contributed by atoms with Crippen molar-refractivity contribution in [3.05, 3.63) is 210 Å². The molecule has 0 N–H and O–H groups in total. The number of aliphatic imine (C=N–C) groups is 4. The molecule has 0 atom stereocenters. The quantitative estimate of drug-likeness (QED) is 0.0630. The second-order valence-corrected chi connectivity index (χ2v) is 28.2. The van der Waals surface area contributed by atoms with E-state index in [1.165, 1.54) is 48.0 Å². The lowest BCUT2D eigenvalue weighted by molar-refractivity contribution is 0.201. The molecule has 0 bridgehead atoms. The number of aromatic nitrogens is 7. The molecule has 16 rings (SSSR count). The zero-order valence-corrected chi connectivity index (χ0v) is 63.1. The number of amidine groups is 4. The van der Waals surface area contributed by atoms with Crippen LogP contribution in [-0.2, 0) is 7.05 Å². The normalized spacial score (nSPS) is 15.2. The van der Waals surface area contributed by atoms with Gasteiger partial charge in [0.15, 0.2) is 26.3 Å². The zero-order chi connectivity index (χ0) is 74.8. The first-order valence-corrected chi connectivity index (χ1v) is 38.6. The predicted molar refractivity (Wildman–Crippen MR) is 419 cm³/mol. The first-order chi connectivity index (χ1) is 52.1. The van der Waals surface area contributed by atoms with Gasteiger partial charge in [0.2, 0.25) is 23.5 Å². The van der Waals surface area contributed by atoms with Crippen LogP contribution in [0.4, 0.5) is 40.3 Å². The number of rotatable bonds is 12. The van der Waals surface area contributed by atoms with E-state index in [0.717, 1.165) is 134 Å². The van der Waals surface area contributed by atoms with Gasteiger partial charge in [-0.3, -0.25) is 0 Å². The number of fused-ring (bicyclic) bond motifs is 4. The third kappa shape index (κ3) is 16.9. The second kappa shape index (κ2) is 33.8. The molecule has 4 aromatic carbocycles. The molecule has 4 saturated heterocycles. The molecule has 12 heterocycles. The maximum atomic E-state index is 13.6. The van der Waals surface area contributed by atoms with Crippen molar-refractivity contribution >= 4 is 134 Å². The van der Waals surface area contributed by atoms with Gasteiger partial charge < -0.3 is 56.6 Å². The molecule has 22 nitrogen and oxygen atoms in total. The number of nitriles is 1. The monoisotopic (exact) mass is 1520 g/mol. The highest BCUT2D eigenvalue weighted by Crippen LogP contribution is 2.40. The number of hydrogen-bond donors (Lipinski definition) is 0. The Morgan fingerprint density at radius 1 is 0.458 bits per heavy atom. The van der Waals surface area contributed by atoms with Gasteiger partial charge in [-0.25, -0.2) is 57.5 Å². The average molecular weight is 1520 g/mol. The fraction of sp³-hybridized carbons (Fsp3) is 0.273. The molecular formula is C77H74F4N16O6S4. The van der Waals surface area contributed by atoms with Crippen molar-refractivity contribution in [2.75, 3.05) is 106 Å². The summed E-state index contributed by atoms with van der Waals surface area (Å²) in [6.45, 7) is 6.65. The van der Waals surface area contributed by atoms with Crippen LogP contribution in [0.15, 0.2) is 194 Å². The number of furan rings is 1. The molecule has 12 aromatic rings. The summed E-state index contributed by atoms with van der Waals surface area (Å²) in [5.74, 6) is 2.16. The predicted octanol–water partition coefficient (Wildman–Crippen LogP) is 16.4. The van der Waals surface area contributed by atoms with Crippen LogP contribution in [0.25, 0.3) is 43.7 Å². The lowest BCUT2D eigenvalue weighted by atomic mass is 9.92. The van der Waals surface area contributed by atoms with Crippen molar-refractivity contribution in [1.82, 2.24) is 53.8 Å². The Balaban J connectivity index is 0.000000126. The Morgan fingerprint density at radius 2 is 0.869 bits per heavy atom. The third-order valence-corrected chi connectivity index (χ3v) is 21.4. The Bertz CT molecular complexity index is 5120. The van der Waals surface area contributed by atoms with Crippen molar-refractivity contribution in [3.8, 4) is 29.6 Å². The van der Waals surface area contributed by atoms with Gasteiger partial charge in [0.25, 0.3) is 0 Å². The summed E-state index contributed by atoms with van der Waals surface area (Å²) in [6, 6.07) is 35.9. The Kier molecular flexibility index (Phi) is 23.5. The fourth-order valence-corrected chi connectivity index (χ4v) is 15.2. The minimum atomic E-state index is -0.332. The van der Waals surface area contributed by atoms with Crippen molar-refractivity contribution in [3.63, 3.8) is 0 Å². The zero-order valence-electron chi connectivity index (χ0n) is 59.8. The van der Waals surface area contributed by atoms with Gasteiger partial charge in [0, 0.05) is 159 Å². The molecular weight excluding hydrogens is 1450 g/mol. The van der Waals surface area contributed by atoms with Gasteiger partial charge in [0.1, 0.15) is 34.9 Å². The Labute approximate surface area is 631 Å². The summed E-state index contributed by atoms with van der Waals surface area (Å²) in [7, 11) is 8.32. The molecule has 0 unspecified atom stereocenters. The van der Waals surface area contributed by atoms with Crippen LogP contribution >= 0.6 is 47.0 Å². The van der Waals surface area contributed by atoms with Crippen LogP contribution in [0.3, 0.4) is 0 Å². The van der Waals surface area contributed by atoms with Gasteiger partial charge in [-0.05, 0) is 116 Å². The maximum absolute atomic E-state index is 13.6. The van der Waals surface area contributed by atoms with Gasteiger partial charge in [0.05, 0.1) is 105 Å². The number of aryl methyl sites for hydroxylation is 1. The van der Waals surface area contributed by atoms with Gasteiger partial charge in [-0.2, -0.15) is 5.26 Å². The number of halogens is 4. The molecule has 4 aliphatic heterocycles. The summed E-state index contributed by atoms with van der Waals surface area (Å²) in [5.41, 5.74) is 9.83. The van der Waals surface area contributed by atoms with Crippen molar-refractivity contribution in [2.24, 2.45) is 27.0 Å². The fourth-order valence-electron chi connectivity index (χ4n) is 12.8. The molecule has 0 aliphatic carbocycles. The number of likely N-dealkylation sites (tertiary alicyclic amines) is 4. The molecule has 8 aromatic heterocycles. The number of hydrogen-bond acceptors (Lipinski definition) is 20. The first kappa shape index (κ1) is 74.5. The number of methoxy groups -OCH3 is 4. The summed E-state index contributed by atoms with van der Waals surface area (Å²) in [6.07, 6.45) is 20.5. The Morgan fingerprint density at radius 3 is 1.32 bits per heavy atom. The minimum absolute atomic E-state index is 0.199. The van der Waals surface area contributed by atoms with E-state index in [0.29, 0.717) is 57.5 Å². The molecule has 0 spiro atoms. The number of ether oxygens (including phenoxy) is 4. The highest BCUT2D eigenvalue weighted by molar-refractivity contribution is 8.14. The summed E-state index contributed by atoms with van der Waals surface area (Å²) < 4.78 is 88.8. The van der Waals surface area contributed by atoms with E-state index in [1.807, 2.05) is 79.2 Å². The standard InChI is InChI=1S/C20H18FN5OS.C20H21FN4OS.C19H18FN3O2S.C18H17FN4O2S/c1-27-19-6-4-15(9-23-19)24-20(28-2)25-11-16(12-25)26-10-13(8-22)17-7-14(21)3-5-18(17)26;1-24-12-17(16-6-4-14(21)8-18(16)24)13-10-25(11-13)20(27-3)23-15-5-7-19(26-2)22-9-15;1-24-18-6-4-14(8-21-18)22-19(26-2)23-9-12(10-23)16-11-25-17-7-13(20)3-5-15(16)17;1-24-16-6-4-13(8-20-16)21-18(26-2)23-9-11(10-23)17-14-5-3-12(19)7-15(14)25-22-17/h3-7,9-10,16H,11-12H2,1-2H3;4-9,12-13H,10-11H2,1-3H3;3-8,11-12H,9-10H2,1-2H3;3-8,11H,9-10H2,1-2H3. The average Bonchev–Trinajstić information content (AvgIpc) is 1.38. The van der Waals surface area contributed by atoms with Crippen molar-refractivity contribution in [2.45, 2.75) is 23.8 Å². The molecule has 0 radical (unpaired) electrons. The van der Waals surface area contributed by atoms with Gasteiger partial charge in [-0.15, -0.1) is 0 Å². The lowest BCUT2D eigenvalue weighted by Crippen LogP contribution is -2.49. The topological polar surface area (TPSA) is 224 Å². The van der Waals surface area contributed by atoms with E-state index in [1.54, 1.807) is 149 Å². The third-order valence-electron chi connectivity index (χ3n) is 18.5. The van der Waals surface area contributed by atoms with Gasteiger partial charge >= 0.3 is 0 Å². The molecule has 30 heteroatoms. The molecule has 0 amide bonds. The second-order valence-electron chi connectivity index (χ2n) is 25.1. The molecule has 107 heavy (non-hydrogen) atoms. The van der Waals surface area contributed by atoms with E-state index >= 15 is 0 Å². The summed E-state index contributed by atoms with van der Waals surface area (Å²) in [4.78, 5) is 44.3. The lowest BCUT2D eigenvalue weighted by Gasteiger charge is -2.41. The van der Waals surface area contributed by atoms with E-state index in [4.69, 9.17) is 32.9 Å². The smallest absolute Gasteiger partial charge is 0.213 e. The number of thioether (sulfide) groups is 4. The maximum Gasteiger partial charge on any atom is 0.213 e. The van der Waals surface area contributed by atoms with E-state index in [2.05, 4.69) is 76.5 Å². The highest BCUT2D eigenvalue weighted by atomic mass is 32.2. The van der Waals surface area contributed by atoms with Crippen LogP contribution in [0.5, 0.6) is 23.5 Å². The van der Waals surface area contributed by atoms with Crippen molar-refractivity contribution in [1.29, 1.82) is 5.26 Å². The van der Waals surface area contributed by atoms with Crippen LogP contribution in [0.1, 0.15) is 46.2 Å². The molecule has 0 saturated carbocycles. The SMILES string of the molecule is COc1ccc(N=C(SC)N2CC(c3cn(C)c4cc(F)ccc34)C2)cn1.COc1ccc(N=C(SC)N2CC(c3coc4cc(F)ccc34)C2)cn1.COc1ccc(N=C(SC)N2CC(c3noc4cc(F)ccc34)C2)cn1.COc1ccc(N=C(SC)N2CC(n3cc(C#N)c4cc(F)ccc43)C2)cn1. The first-order valence-electron chi connectivity index (χ1n) is 33.7. The molecule has 4 fully saturated rings. The van der Waals surface area contributed by atoms with Crippen LogP contribution < -0.4 is 18.9 Å². The molecule has 4 aliphatic rings. The number of benzene rings is 4. The van der Waals surface area contributed by atoms with E-state index in [-0.39, 0.29) is 35.2 Å². The summed E-state index contributed by atoms with van der Waals surface area (Å²) >= 11 is 6.40. The van der Waals surface area contributed by atoms with E-state index in [9.17, 15) is 22.8 Å². The minimum Gasteiger partial charge on any atom is -0.481 e. The van der Waals surface area contributed by atoms with Crippen molar-refractivity contribution < 1.29 is 45.4 Å².